The van der Waals surface area contributed by atoms with Gasteiger partial charge in [0.05, 0.1) is 0 Å². The van der Waals surface area contributed by atoms with Crippen LogP contribution in [0.1, 0.15) is 46.0 Å². The number of fused-ring (bicyclic) bond motifs is 1. The highest BCUT2D eigenvalue weighted by atomic mass is 32.2. The number of amides is 3. The Morgan fingerprint density at radius 3 is 2.71 bits per heavy atom. The predicted molar refractivity (Wildman–Crippen MR) is 99.0 cm³/mol. The van der Waals surface area contributed by atoms with Gasteiger partial charge in [0.25, 0.3) is 5.91 Å². The Balaban J connectivity index is 2.00. The van der Waals surface area contributed by atoms with Crippen LogP contribution in [0.2, 0.25) is 0 Å². The summed E-state index contributed by atoms with van der Waals surface area (Å²) >= 11 is 1.70. The molecule has 0 bridgehead atoms. The number of urea groups is 1. The highest BCUT2D eigenvalue weighted by Gasteiger charge is 2.48. The van der Waals surface area contributed by atoms with Gasteiger partial charge in [-0.15, -0.1) is 0 Å². The zero-order valence-electron chi connectivity index (χ0n) is 14.8. The van der Waals surface area contributed by atoms with Crippen molar-refractivity contribution in [3.63, 3.8) is 0 Å². The first-order valence-corrected chi connectivity index (χ1v) is 9.74. The fraction of sp³-hybridized carbons (Fsp3) is 0.706. The second-order valence-electron chi connectivity index (χ2n) is 6.16. The molecule has 0 aromatic carbocycles. The average Bonchev–Trinajstić information content (AvgIpc) is 2.93. The van der Waals surface area contributed by atoms with E-state index in [1.807, 2.05) is 24.0 Å². The maximum Gasteiger partial charge on any atom is 0.325 e. The number of carbonyl (C=O) groups is 2. The number of hydrogen-bond acceptors (Lipinski definition) is 5. The van der Waals surface area contributed by atoms with Gasteiger partial charge in [0, 0.05) is 19.3 Å². The molecule has 2 unspecified atom stereocenters. The SMILES string of the molecule is C/C=C/CN1C(SCCCCCCC)=NC2C1C(=O)NC(=O)N2C. The van der Waals surface area contributed by atoms with Crippen LogP contribution in [0.3, 0.4) is 0 Å². The first-order valence-electron chi connectivity index (χ1n) is 8.76. The number of thioether (sulfide) groups is 1. The summed E-state index contributed by atoms with van der Waals surface area (Å²) in [7, 11) is 1.69. The number of imide groups is 1. The molecule has 0 aromatic rings. The first-order chi connectivity index (χ1) is 11.6. The van der Waals surface area contributed by atoms with E-state index in [1.54, 1.807) is 18.8 Å². The molecule has 2 aliphatic heterocycles. The number of rotatable bonds is 8. The molecule has 1 fully saturated rings. The third-order valence-electron chi connectivity index (χ3n) is 4.34. The van der Waals surface area contributed by atoms with Crippen LogP contribution in [-0.4, -0.2) is 58.5 Å². The molecule has 2 heterocycles. The van der Waals surface area contributed by atoms with Crippen molar-refractivity contribution < 1.29 is 9.59 Å². The maximum atomic E-state index is 12.3. The van der Waals surface area contributed by atoms with Gasteiger partial charge in [-0.05, 0) is 13.3 Å². The van der Waals surface area contributed by atoms with Gasteiger partial charge in [0.15, 0.2) is 17.4 Å². The molecule has 2 rings (SSSR count). The fourth-order valence-electron chi connectivity index (χ4n) is 2.90. The van der Waals surface area contributed by atoms with Gasteiger partial charge in [0.2, 0.25) is 0 Å². The lowest BCUT2D eigenvalue weighted by molar-refractivity contribution is -0.126. The Labute approximate surface area is 148 Å². The molecule has 24 heavy (non-hydrogen) atoms. The number of nitrogens with zero attached hydrogens (tertiary/aromatic N) is 3. The van der Waals surface area contributed by atoms with Crippen molar-refractivity contribution in [1.29, 1.82) is 0 Å². The van der Waals surface area contributed by atoms with E-state index < -0.39 is 12.2 Å². The Kier molecular flexibility index (Phi) is 7.15. The highest BCUT2D eigenvalue weighted by molar-refractivity contribution is 8.13. The van der Waals surface area contributed by atoms with Crippen molar-refractivity contribution in [2.45, 2.75) is 58.2 Å². The van der Waals surface area contributed by atoms with Crippen molar-refractivity contribution in [3.8, 4) is 0 Å². The molecule has 0 aliphatic carbocycles. The fourth-order valence-corrected chi connectivity index (χ4v) is 3.97. The molecule has 0 aromatic heterocycles. The lowest BCUT2D eigenvalue weighted by Gasteiger charge is -2.35. The van der Waals surface area contributed by atoms with Crippen molar-refractivity contribution in [3.05, 3.63) is 12.2 Å². The summed E-state index contributed by atoms with van der Waals surface area (Å²) in [5, 5.41) is 3.29. The van der Waals surface area contributed by atoms with Crippen LogP contribution in [0.25, 0.3) is 0 Å². The highest BCUT2D eigenvalue weighted by Crippen LogP contribution is 2.28. The van der Waals surface area contributed by atoms with Crippen molar-refractivity contribution >= 4 is 28.9 Å². The summed E-state index contributed by atoms with van der Waals surface area (Å²) in [4.78, 5) is 32.3. The van der Waals surface area contributed by atoms with Gasteiger partial charge in [-0.3, -0.25) is 10.1 Å². The van der Waals surface area contributed by atoms with E-state index in [0.29, 0.717) is 6.54 Å². The Morgan fingerprint density at radius 1 is 1.25 bits per heavy atom. The molecule has 6 nitrogen and oxygen atoms in total. The third-order valence-corrected chi connectivity index (χ3v) is 5.43. The molecule has 1 saturated heterocycles. The summed E-state index contributed by atoms with van der Waals surface area (Å²) in [6.45, 7) is 4.81. The van der Waals surface area contributed by atoms with Gasteiger partial charge in [0.1, 0.15) is 0 Å². The minimum absolute atomic E-state index is 0.255. The number of unbranched alkanes of at least 4 members (excludes halogenated alkanes) is 4. The molecule has 3 amide bonds. The normalized spacial score (nSPS) is 23.7. The lowest BCUT2D eigenvalue weighted by atomic mass is 10.1. The van der Waals surface area contributed by atoms with E-state index in [0.717, 1.165) is 17.3 Å². The second-order valence-corrected chi connectivity index (χ2v) is 7.22. The Bertz CT molecular complexity index is 521. The topological polar surface area (TPSA) is 65.0 Å². The van der Waals surface area contributed by atoms with E-state index in [-0.39, 0.29) is 11.9 Å². The number of aliphatic imine (C=N–C) groups is 1. The monoisotopic (exact) mass is 352 g/mol. The molecule has 7 heteroatoms. The largest absolute Gasteiger partial charge is 0.332 e. The van der Waals surface area contributed by atoms with E-state index in [4.69, 9.17) is 0 Å². The number of nitrogens with one attached hydrogen (secondary N) is 1. The predicted octanol–water partition coefficient (Wildman–Crippen LogP) is 2.81. The van der Waals surface area contributed by atoms with Crippen LogP contribution in [-0.2, 0) is 4.79 Å². The van der Waals surface area contributed by atoms with Gasteiger partial charge in [-0.25, -0.2) is 9.79 Å². The molecule has 2 atom stereocenters. The van der Waals surface area contributed by atoms with E-state index in [2.05, 4.69) is 17.2 Å². The smallest absolute Gasteiger partial charge is 0.325 e. The molecular weight excluding hydrogens is 324 g/mol. The molecule has 134 valence electrons. The van der Waals surface area contributed by atoms with Crippen LogP contribution >= 0.6 is 11.8 Å². The zero-order chi connectivity index (χ0) is 17.5. The number of amidine groups is 1. The molecule has 1 N–H and O–H groups in total. The van der Waals surface area contributed by atoms with Crippen molar-refractivity contribution in [1.82, 2.24) is 15.1 Å². The first kappa shape index (κ1) is 18.8. The van der Waals surface area contributed by atoms with E-state index in [9.17, 15) is 9.59 Å². The Hall–Kier alpha value is -1.50. The van der Waals surface area contributed by atoms with Gasteiger partial charge in [-0.2, -0.15) is 0 Å². The number of allylic oxidation sites excluding steroid dienone is 1. The summed E-state index contributed by atoms with van der Waals surface area (Å²) in [6, 6.07) is -0.798. The van der Waals surface area contributed by atoms with E-state index in [1.165, 1.54) is 30.6 Å². The number of likely N-dealkylation sites (N-methyl/N-ethyl adjacent to an activating group) is 1. The molecule has 0 spiro atoms. The second kappa shape index (κ2) is 9.11. The third kappa shape index (κ3) is 4.32. The number of hydrogen-bond donors (Lipinski definition) is 1. The van der Waals surface area contributed by atoms with Crippen LogP contribution in [0.4, 0.5) is 4.79 Å². The molecule has 0 saturated carbocycles. The summed E-state index contributed by atoms with van der Waals surface area (Å²) in [6.07, 6.45) is 9.76. The minimum atomic E-state index is -0.425. The van der Waals surface area contributed by atoms with Crippen molar-refractivity contribution in [2.24, 2.45) is 4.99 Å². The van der Waals surface area contributed by atoms with Crippen LogP contribution < -0.4 is 5.32 Å². The zero-order valence-corrected chi connectivity index (χ0v) is 15.6. The molecule has 0 radical (unpaired) electrons. The summed E-state index contributed by atoms with van der Waals surface area (Å²) in [5.74, 6) is 0.739. The maximum absolute atomic E-state index is 12.3. The standard InChI is InChI=1S/C17H28N4O2S/c1-4-6-8-9-10-12-24-17-18-14-13(21(17)11-7-5-2)15(22)19-16(23)20(14)3/h5,7,13-14H,4,6,8-12H2,1-3H3,(H,19,22,23)/b7-5+. The minimum Gasteiger partial charge on any atom is -0.332 e. The lowest BCUT2D eigenvalue weighted by Crippen LogP contribution is -2.63. The Morgan fingerprint density at radius 2 is 2.00 bits per heavy atom. The van der Waals surface area contributed by atoms with E-state index >= 15 is 0 Å². The van der Waals surface area contributed by atoms with Crippen LogP contribution in [0.15, 0.2) is 17.1 Å². The molecule has 2 aliphatic rings. The quantitative estimate of drug-likeness (QED) is 0.539. The van der Waals surface area contributed by atoms with Gasteiger partial charge >= 0.3 is 6.03 Å². The van der Waals surface area contributed by atoms with Gasteiger partial charge in [-0.1, -0.05) is 56.5 Å². The van der Waals surface area contributed by atoms with Crippen LogP contribution in [0.5, 0.6) is 0 Å². The summed E-state index contributed by atoms with van der Waals surface area (Å²) in [5.41, 5.74) is 0. The molecular formula is C17H28N4O2S. The van der Waals surface area contributed by atoms with Gasteiger partial charge < -0.3 is 9.80 Å². The summed E-state index contributed by atoms with van der Waals surface area (Å²) < 4.78 is 0. The average molecular weight is 353 g/mol. The van der Waals surface area contributed by atoms with Crippen molar-refractivity contribution in [2.75, 3.05) is 19.3 Å². The van der Waals surface area contributed by atoms with Crippen LogP contribution in [0, 0.1) is 0 Å². The number of carbonyl (C=O) groups excluding carboxylic acids is 2.